The summed E-state index contributed by atoms with van der Waals surface area (Å²) in [5.74, 6) is -0.749. The Balaban J connectivity index is 1.74. The molecule has 1 aromatic heterocycles. The van der Waals surface area contributed by atoms with Crippen molar-refractivity contribution in [2.75, 3.05) is 0 Å². The average molecular weight is 491 g/mol. The van der Waals surface area contributed by atoms with Gasteiger partial charge in [0.05, 0.1) is 15.8 Å². The number of rotatable bonds is 8. The van der Waals surface area contributed by atoms with Gasteiger partial charge < -0.3 is 9.52 Å². The molecule has 0 amide bonds. The van der Waals surface area contributed by atoms with Gasteiger partial charge in [-0.25, -0.2) is 9.63 Å². The average Bonchev–Trinajstić information content (AvgIpc) is 2.86. The molecule has 2 N–H and O–H groups in total. The van der Waals surface area contributed by atoms with Gasteiger partial charge in [0.2, 0.25) is 0 Å². The summed E-state index contributed by atoms with van der Waals surface area (Å²) in [7, 11) is -3.86. The summed E-state index contributed by atoms with van der Waals surface area (Å²) >= 11 is 0. The van der Waals surface area contributed by atoms with Crippen LogP contribution < -0.4 is 10.5 Å². The Morgan fingerprint density at radius 2 is 1.66 bits per heavy atom. The molecule has 4 rings (SSSR count). The van der Waals surface area contributed by atoms with E-state index in [2.05, 4.69) is 9.93 Å². The number of fused-ring (bicyclic) bond motifs is 1. The second-order valence-electron chi connectivity index (χ2n) is 8.25. The molecule has 8 heteroatoms. The maximum Gasteiger partial charge on any atom is 0.343 e. The molecule has 0 aliphatic rings. The van der Waals surface area contributed by atoms with E-state index < -0.39 is 21.6 Å². The van der Waals surface area contributed by atoms with Crippen molar-refractivity contribution in [2.45, 2.75) is 37.5 Å². The lowest BCUT2D eigenvalue weighted by molar-refractivity contribution is 0.452. The third kappa shape index (κ3) is 5.27. The minimum Gasteiger partial charge on any atom is -0.507 e. The lowest BCUT2D eigenvalue weighted by Crippen LogP contribution is -2.22. The quantitative estimate of drug-likeness (QED) is 0.204. The molecule has 0 aliphatic carbocycles. The van der Waals surface area contributed by atoms with Gasteiger partial charge in [-0.2, -0.15) is 13.5 Å². The van der Waals surface area contributed by atoms with E-state index in [1.165, 1.54) is 12.1 Å². The van der Waals surface area contributed by atoms with Crippen molar-refractivity contribution in [3.05, 3.63) is 106 Å². The molecule has 1 unspecified atom stereocenters. The molecule has 1 heterocycles. The van der Waals surface area contributed by atoms with Crippen molar-refractivity contribution < 1.29 is 17.9 Å². The number of para-hydroxylation sites is 1. The Kier molecular flexibility index (Phi) is 7.02. The summed E-state index contributed by atoms with van der Waals surface area (Å²) in [6.45, 7) is 3.73. The van der Waals surface area contributed by atoms with Crippen LogP contribution in [0.2, 0.25) is 0 Å². The van der Waals surface area contributed by atoms with Crippen LogP contribution in [0.1, 0.15) is 42.4 Å². The van der Waals surface area contributed by atoms with Crippen LogP contribution in [0, 0.1) is 6.92 Å². The fourth-order valence-corrected chi connectivity index (χ4v) is 4.78. The van der Waals surface area contributed by atoms with E-state index in [1.807, 2.05) is 44.2 Å². The molecular weight excluding hydrogens is 464 g/mol. The zero-order valence-corrected chi connectivity index (χ0v) is 20.2. The van der Waals surface area contributed by atoms with E-state index in [0.29, 0.717) is 23.1 Å². The molecule has 1 atom stereocenters. The summed E-state index contributed by atoms with van der Waals surface area (Å²) in [5.41, 5.74) is 1.99. The first-order valence-electron chi connectivity index (χ1n) is 11.2. The first-order chi connectivity index (χ1) is 16.8. The topological polar surface area (TPSA) is 109 Å². The molecule has 0 bridgehead atoms. The van der Waals surface area contributed by atoms with Gasteiger partial charge in [0.25, 0.3) is 10.0 Å². The number of aryl methyl sites for hydroxylation is 1. The summed E-state index contributed by atoms with van der Waals surface area (Å²) < 4.78 is 30.9. The maximum absolute atomic E-state index is 13.0. The Morgan fingerprint density at radius 1 is 1.00 bits per heavy atom. The largest absolute Gasteiger partial charge is 0.507 e. The standard InChI is InChI=1S/C27H26N2O5S/c1-3-20(28-29-35(32,33)21-15-13-18(2)14-16-21)17-23(19-9-5-4-6-10-19)25-26(30)22-11-7-8-12-24(22)34-27(25)31/h4-16,23,29-30H,3,17H2,1-2H3. The van der Waals surface area contributed by atoms with Crippen molar-refractivity contribution in [3.63, 3.8) is 0 Å². The van der Waals surface area contributed by atoms with Crippen LogP contribution in [0.4, 0.5) is 0 Å². The van der Waals surface area contributed by atoms with Gasteiger partial charge in [-0.3, -0.25) is 0 Å². The normalized spacial score (nSPS) is 13.0. The van der Waals surface area contributed by atoms with Crippen LogP contribution in [0.3, 0.4) is 0 Å². The molecule has 0 saturated heterocycles. The predicted molar refractivity (Wildman–Crippen MR) is 136 cm³/mol. The molecule has 0 radical (unpaired) electrons. The number of sulfonamides is 1. The zero-order valence-electron chi connectivity index (χ0n) is 19.4. The molecule has 0 fully saturated rings. The number of nitrogens with zero attached hydrogens (tertiary/aromatic N) is 1. The minimum atomic E-state index is -3.86. The SMILES string of the molecule is CCC(CC(c1ccccc1)c1c(O)c2ccccc2oc1=O)=NNS(=O)(=O)c1ccc(C)cc1. The summed E-state index contributed by atoms with van der Waals surface area (Å²) in [6, 6.07) is 22.5. The van der Waals surface area contributed by atoms with Crippen LogP contribution in [0.5, 0.6) is 5.75 Å². The third-order valence-corrected chi connectivity index (χ3v) is 7.10. The van der Waals surface area contributed by atoms with E-state index in [9.17, 15) is 18.3 Å². The van der Waals surface area contributed by atoms with Crippen LogP contribution in [0.25, 0.3) is 11.0 Å². The third-order valence-electron chi connectivity index (χ3n) is 5.87. The first kappa shape index (κ1) is 24.2. The van der Waals surface area contributed by atoms with Crippen LogP contribution in [-0.4, -0.2) is 19.2 Å². The van der Waals surface area contributed by atoms with Crippen molar-refractivity contribution in [2.24, 2.45) is 5.10 Å². The molecule has 180 valence electrons. The zero-order chi connectivity index (χ0) is 25.0. The fraction of sp³-hybridized carbons (Fsp3) is 0.185. The Hall–Kier alpha value is -3.91. The molecule has 7 nitrogen and oxygen atoms in total. The Morgan fingerprint density at radius 3 is 2.34 bits per heavy atom. The fourth-order valence-electron chi connectivity index (χ4n) is 3.93. The number of nitrogens with one attached hydrogen (secondary N) is 1. The molecular formula is C27H26N2O5S. The Bertz CT molecular complexity index is 1530. The van der Waals surface area contributed by atoms with Gasteiger partial charge in [0.15, 0.2) is 0 Å². The minimum absolute atomic E-state index is 0.106. The van der Waals surface area contributed by atoms with Gasteiger partial charge in [-0.05, 0) is 49.6 Å². The first-order valence-corrected chi connectivity index (χ1v) is 12.7. The van der Waals surface area contributed by atoms with E-state index in [1.54, 1.807) is 36.4 Å². The lowest BCUT2D eigenvalue weighted by atomic mass is 9.86. The van der Waals surface area contributed by atoms with E-state index in [4.69, 9.17) is 4.42 Å². The van der Waals surface area contributed by atoms with Gasteiger partial charge in [0.1, 0.15) is 11.3 Å². The second-order valence-corrected chi connectivity index (χ2v) is 9.92. The van der Waals surface area contributed by atoms with Crippen molar-refractivity contribution in [1.29, 1.82) is 0 Å². The molecule has 0 aliphatic heterocycles. The smallest absolute Gasteiger partial charge is 0.343 e. The van der Waals surface area contributed by atoms with Gasteiger partial charge in [-0.15, -0.1) is 0 Å². The monoisotopic (exact) mass is 490 g/mol. The molecule has 3 aromatic carbocycles. The predicted octanol–water partition coefficient (Wildman–Crippen LogP) is 5.07. The van der Waals surface area contributed by atoms with E-state index in [-0.39, 0.29) is 22.6 Å². The van der Waals surface area contributed by atoms with Gasteiger partial charge >= 0.3 is 5.63 Å². The number of hydrogen-bond donors (Lipinski definition) is 2. The molecule has 0 saturated carbocycles. The van der Waals surface area contributed by atoms with Crippen molar-refractivity contribution in [1.82, 2.24) is 4.83 Å². The lowest BCUT2D eigenvalue weighted by Gasteiger charge is -2.19. The highest BCUT2D eigenvalue weighted by molar-refractivity contribution is 7.89. The summed E-state index contributed by atoms with van der Waals surface area (Å²) in [6.07, 6.45) is 0.632. The molecule has 35 heavy (non-hydrogen) atoms. The number of benzene rings is 3. The van der Waals surface area contributed by atoms with E-state index >= 15 is 0 Å². The second kappa shape index (κ2) is 10.1. The number of hydrazone groups is 1. The highest BCUT2D eigenvalue weighted by Crippen LogP contribution is 2.36. The molecule has 0 spiro atoms. The summed E-state index contributed by atoms with van der Waals surface area (Å²) in [4.78, 5) is 15.4. The van der Waals surface area contributed by atoms with E-state index in [0.717, 1.165) is 11.1 Å². The van der Waals surface area contributed by atoms with Gasteiger partial charge in [-0.1, -0.05) is 67.1 Å². The van der Waals surface area contributed by atoms with Crippen molar-refractivity contribution >= 4 is 26.7 Å². The maximum atomic E-state index is 13.0. The molecule has 4 aromatic rings. The van der Waals surface area contributed by atoms with Crippen LogP contribution >= 0.6 is 0 Å². The van der Waals surface area contributed by atoms with Gasteiger partial charge in [0, 0.05) is 11.6 Å². The highest BCUT2D eigenvalue weighted by atomic mass is 32.2. The van der Waals surface area contributed by atoms with Crippen molar-refractivity contribution in [3.8, 4) is 5.75 Å². The Labute approximate surface area is 203 Å². The highest BCUT2D eigenvalue weighted by Gasteiger charge is 2.26. The number of aromatic hydroxyl groups is 1. The number of hydrogen-bond acceptors (Lipinski definition) is 6. The van der Waals surface area contributed by atoms with Crippen LogP contribution in [-0.2, 0) is 10.0 Å². The van der Waals surface area contributed by atoms with Crippen LogP contribution in [0.15, 0.2) is 98.1 Å². The summed E-state index contributed by atoms with van der Waals surface area (Å²) in [5, 5.41) is 15.7.